The smallest absolute Gasteiger partial charge is 0.0638 e. The number of hydrogen-bond donors (Lipinski definition) is 2. The zero-order chi connectivity index (χ0) is 22.4. The number of benzene rings is 3. The van der Waals surface area contributed by atoms with Gasteiger partial charge in [-0.05, 0) is 106 Å². The summed E-state index contributed by atoms with van der Waals surface area (Å²) in [5.41, 5.74) is 6.90. The molecule has 0 amide bonds. The normalized spacial score (nSPS) is 13.1. The van der Waals surface area contributed by atoms with E-state index >= 15 is 0 Å². The van der Waals surface area contributed by atoms with Crippen LogP contribution in [0.1, 0.15) is 20.8 Å². The van der Waals surface area contributed by atoms with Crippen LogP contribution < -0.4 is 10.6 Å². The molecule has 1 aliphatic carbocycles. The quantitative estimate of drug-likeness (QED) is 0.417. The van der Waals surface area contributed by atoms with Gasteiger partial charge in [-0.2, -0.15) is 0 Å². The Labute approximate surface area is 190 Å². The Bertz CT molecular complexity index is 1140. The Kier molecular flexibility index (Phi) is 6.31. The molecule has 4 heteroatoms. The molecule has 4 rings (SSSR count). The molecule has 0 saturated carbocycles. The van der Waals surface area contributed by atoms with Crippen molar-refractivity contribution < 1.29 is 0 Å². The van der Waals surface area contributed by atoms with Crippen LogP contribution in [-0.4, -0.2) is 17.0 Å². The molecule has 4 nitrogen and oxygen atoms in total. The van der Waals surface area contributed by atoms with Gasteiger partial charge in [0.15, 0.2) is 0 Å². The van der Waals surface area contributed by atoms with E-state index in [2.05, 4.69) is 60.7 Å². The second kappa shape index (κ2) is 9.48. The molecular formula is C28H28N4. The van der Waals surface area contributed by atoms with Gasteiger partial charge in [-0.15, -0.1) is 0 Å². The van der Waals surface area contributed by atoms with Gasteiger partial charge in [0.05, 0.1) is 22.8 Å². The van der Waals surface area contributed by atoms with Gasteiger partial charge < -0.3 is 10.6 Å². The number of para-hydroxylation sites is 1. The van der Waals surface area contributed by atoms with Crippen molar-refractivity contribution in [3.8, 4) is 0 Å². The number of anilines is 3. The first-order chi connectivity index (χ1) is 15.4. The number of rotatable bonds is 5. The van der Waals surface area contributed by atoms with Gasteiger partial charge in [0, 0.05) is 22.6 Å². The molecule has 0 fully saturated rings. The highest BCUT2D eigenvalue weighted by atomic mass is 15.0. The fraction of sp³-hybridized carbons (Fsp3) is 0.143. The zero-order valence-electron chi connectivity index (χ0n) is 18.7. The van der Waals surface area contributed by atoms with E-state index in [4.69, 9.17) is 4.99 Å². The van der Waals surface area contributed by atoms with Gasteiger partial charge in [-0.25, -0.2) is 9.98 Å². The Balaban J connectivity index is 1.37. The van der Waals surface area contributed by atoms with E-state index in [1.54, 1.807) is 0 Å². The van der Waals surface area contributed by atoms with Gasteiger partial charge in [0.2, 0.25) is 0 Å². The van der Waals surface area contributed by atoms with Gasteiger partial charge in [0.1, 0.15) is 0 Å². The molecule has 3 aromatic carbocycles. The Morgan fingerprint density at radius 3 is 1.47 bits per heavy atom. The Morgan fingerprint density at radius 1 is 0.531 bits per heavy atom. The van der Waals surface area contributed by atoms with Crippen molar-refractivity contribution in [2.24, 2.45) is 9.98 Å². The summed E-state index contributed by atoms with van der Waals surface area (Å²) < 4.78 is 0. The van der Waals surface area contributed by atoms with E-state index in [-0.39, 0.29) is 5.54 Å². The fourth-order valence-electron chi connectivity index (χ4n) is 3.26. The van der Waals surface area contributed by atoms with Crippen LogP contribution in [0.3, 0.4) is 0 Å². The van der Waals surface area contributed by atoms with E-state index in [0.717, 1.165) is 39.9 Å². The molecule has 0 spiro atoms. The lowest BCUT2D eigenvalue weighted by Gasteiger charge is -2.22. The highest BCUT2D eigenvalue weighted by molar-refractivity contribution is 6.19. The highest BCUT2D eigenvalue weighted by Gasteiger charge is 2.08. The van der Waals surface area contributed by atoms with E-state index in [1.807, 2.05) is 78.9 Å². The van der Waals surface area contributed by atoms with Crippen molar-refractivity contribution in [3.05, 3.63) is 103 Å². The largest absolute Gasteiger partial charge is 0.380 e. The van der Waals surface area contributed by atoms with Gasteiger partial charge in [-0.3, -0.25) is 0 Å². The molecule has 0 aromatic heterocycles. The number of aliphatic imine (C=N–C) groups is 2. The van der Waals surface area contributed by atoms with Crippen LogP contribution in [0.5, 0.6) is 0 Å². The summed E-state index contributed by atoms with van der Waals surface area (Å²) in [6, 6.07) is 26.4. The van der Waals surface area contributed by atoms with E-state index in [0.29, 0.717) is 0 Å². The molecule has 0 atom stereocenters. The van der Waals surface area contributed by atoms with Crippen LogP contribution in [0.25, 0.3) is 0 Å². The van der Waals surface area contributed by atoms with Crippen molar-refractivity contribution in [3.63, 3.8) is 0 Å². The third-order valence-corrected chi connectivity index (χ3v) is 4.68. The molecule has 0 bridgehead atoms. The van der Waals surface area contributed by atoms with E-state index < -0.39 is 0 Å². The van der Waals surface area contributed by atoms with Crippen LogP contribution >= 0.6 is 0 Å². The molecule has 0 heterocycles. The molecule has 0 unspecified atom stereocenters. The lowest BCUT2D eigenvalue weighted by atomic mass is 10.1. The van der Waals surface area contributed by atoms with Crippen LogP contribution in [0.4, 0.5) is 28.4 Å². The number of hydrogen-bond acceptors (Lipinski definition) is 4. The third-order valence-electron chi connectivity index (χ3n) is 4.68. The minimum Gasteiger partial charge on any atom is -0.380 e. The summed E-state index contributed by atoms with van der Waals surface area (Å²) in [5, 5.41) is 6.91. The van der Waals surface area contributed by atoms with Crippen molar-refractivity contribution in [1.29, 1.82) is 0 Å². The lowest BCUT2D eigenvalue weighted by Crippen LogP contribution is -2.25. The predicted octanol–water partition coefficient (Wildman–Crippen LogP) is 7.61. The monoisotopic (exact) mass is 420 g/mol. The van der Waals surface area contributed by atoms with Crippen LogP contribution in [0.2, 0.25) is 0 Å². The molecule has 2 N–H and O–H groups in total. The number of nitrogens with one attached hydrogen (secondary N) is 2. The first kappa shape index (κ1) is 21.3. The predicted molar refractivity (Wildman–Crippen MR) is 138 cm³/mol. The Morgan fingerprint density at radius 2 is 0.969 bits per heavy atom. The second-order valence-electron chi connectivity index (χ2n) is 8.70. The number of allylic oxidation sites excluding steroid dienone is 4. The van der Waals surface area contributed by atoms with Crippen LogP contribution in [0, 0.1) is 0 Å². The van der Waals surface area contributed by atoms with Crippen LogP contribution in [0.15, 0.2) is 113 Å². The summed E-state index contributed by atoms with van der Waals surface area (Å²) >= 11 is 0. The molecule has 32 heavy (non-hydrogen) atoms. The summed E-state index contributed by atoms with van der Waals surface area (Å²) in [4.78, 5) is 9.31. The standard InChI is InChI=1S/C28H28N4/c1-28(2,3)32-27-19-17-26(18-20-27)31-25-15-13-24(14-16-25)30-23-11-9-22(10-12-23)29-21-7-5-4-6-8-21/h4-20,31-32H,1-3H3. The Hall–Kier alpha value is -3.92. The van der Waals surface area contributed by atoms with Gasteiger partial charge in [0.25, 0.3) is 0 Å². The van der Waals surface area contributed by atoms with E-state index in [9.17, 15) is 0 Å². The van der Waals surface area contributed by atoms with Crippen molar-refractivity contribution in [2.45, 2.75) is 26.3 Å². The topological polar surface area (TPSA) is 48.8 Å². The highest BCUT2D eigenvalue weighted by Crippen LogP contribution is 2.23. The molecule has 160 valence electrons. The average molecular weight is 421 g/mol. The minimum atomic E-state index is 0.0469. The fourth-order valence-corrected chi connectivity index (χ4v) is 3.26. The number of nitrogens with zero attached hydrogens (tertiary/aromatic N) is 2. The maximum atomic E-state index is 4.71. The SMILES string of the molecule is CC(C)(C)Nc1ccc(Nc2ccc(N=C3C=CC(=Nc4ccccc4)C=C3)cc2)cc1. The summed E-state index contributed by atoms with van der Waals surface area (Å²) in [7, 11) is 0. The molecule has 3 aromatic rings. The van der Waals surface area contributed by atoms with Crippen molar-refractivity contribution in [1.82, 2.24) is 0 Å². The van der Waals surface area contributed by atoms with Crippen molar-refractivity contribution in [2.75, 3.05) is 10.6 Å². The molecular weight excluding hydrogens is 392 g/mol. The maximum absolute atomic E-state index is 4.71. The molecule has 0 radical (unpaired) electrons. The van der Waals surface area contributed by atoms with Crippen LogP contribution in [-0.2, 0) is 0 Å². The van der Waals surface area contributed by atoms with Gasteiger partial charge >= 0.3 is 0 Å². The molecule has 0 aliphatic heterocycles. The van der Waals surface area contributed by atoms with E-state index in [1.165, 1.54) is 0 Å². The average Bonchev–Trinajstić information content (AvgIpc) is 2.78. The van der Waals surface area contributed by atoms with Crippen molar-refractivity contribution >= 4 is 39.9 Å². The molecule has 1 aliphatic rings. The lowest BCUT2D eigenvalue weighted by molar-refractivity contribution is 0.634. The minimum absolute atomic E-state index is 0.0469. The summed E-state index contributed by atoms with van der Waals surface area (Å²) in [6.45, 7) is 6.46. The maximum Gasteiger partial charge on any atom is 0.0638 e. The molecule has 0 saturated heterocycles. The second-order valence-corrected chi connectivity index (χ2v) is 8.70. The first-order valence-corrected chi connectivity index (χ1v) is 10.8. The first-order valence-electron chi connectivity index (χ1n) is 10.8. The third kappa shape index (κ3) is 6.29. The summed E-state index contributed by atoms with van der Waals surface area (Å²) in [6.07, 6.45) is 7.95. The van der Waals surface area contributed by atoms with Gasteiger partial charge in [-0.1, -0.05) is 18.2 Å². The summed E-state index contributed by atoms with van der Waals surface area (Å²) in [5.74, 6) is 0. The zero-order valence-corrected chi connectivity index (χ0v) is 18.7.